The fourth-order valence-electron chi connectivity index (χ4n) is 2.14. The molecule has 0 aliphatic carbocycles. The molecule has 0 aliphatic heterocycles. The van der Waals surface area contributed by atoms with Crippen molar-refractivity contribution in [2.24, 2.45) is 0 Å². The Balaban J connectivity index is 1.80. The van der Waals surface area contributed by atoms with E-state index in [4.69, 9.17) is 4.74 Å². The van der Waals surface area contributed by atoms with Gasteiger partial charge in [-0.05, 0) is 35.9 Å². The van der Waals surface area contributed by atoms with Gasteiger partial charge in [0.1, 0.15) is 11.6 Å². The van der Waals surface area contributed by atoms with Gasteiger partial charge >= 0.3 is 5.97 Å². The minimum atomic E-state index is -0.439. The molecule has 0 saturated carbocycles. The number of hydrogen-bond donors (Lipinski definition) is 0. The van der Waals surface area contributed by atoms with E-state index in [9.17, 15) is 9.18 Å². The van der Waals surface area contributed by atoms with E-state index in [1.54, 1.807) is 66.7 Å². The third-order valence-electron chi connectivity index (χ3n) is 3.26. The van der Waals surface area contributed by atoms with E-state index in [2.05, 4.69) is 0 Å². The summed E-state index contributed by atoms with van der Waals surface area (Å²) in [6.45, 7) is 0. The summed E-state index contributed by atoms with van der Waals surface area (Å²) in [7, 11) is 0. The quantitative estimate of drug-likeness (QED) is 0.516. The van der Waals surface area contributed by atoms with Gasteiger partial charge in [-0.2, -0.15) is 0 Å². The van der Waals surface area contributed by atoms with Crippen LogP contribution in [0.2, 0.25) is 0 Å². The van der Waals surface area contributed by atoms with Crippen molar-refractivity contribution in [2.75, 3.05) is 0 Å². The number of halogens is 1. The Morgan fingerprint density at radius 3 is 2.09 bits per heavy atom. The van der Waals surface area contributed by atoms with Crippen LogP contribution in [0.15, 0.2) is 78.9 Å². The fourth-order valence-corrected chi connectivity index (χ4v) is 2.14. The average molecular weight is 292 g/mol. The van der Waals surface area contributed by atoms with Crippen LogP contribution in [0.5, 0.6) is 5.75 Å². The molecule has 0 unspecified atom stereocenters. The summed E-state index contributed by atoms with van der Waals surface area (Å²) in [6, 6.07) is 22.1. The van der Waals surface area contributed by atoms with Crippen LogP contribution in [0.25, 0.3) is 11.1 Å². The molecule has 0 bridgehead atoms. The average Bonchev–Trinajstić information content (AvgIpc) is 2.56. The highest BCUT2D eigenvalue weighted by atomic mass is 19.1. The van der Waals surface area contributed by atoms with Crippen molar-refractivity contribution in [1.82, 2.24) is 0 Å². The number of carbonyl (C=O) groups is 1. The largest absolute Gasteiger partial charge is 0.423 e. The van der Waals surface area contributed by atoms with Crippen LogP contribution in [0.3, 0.4) is 0 Å². The molecule has 3 rings (SSSR count). The van der Waals surface area contributed by atoms with E-state index in [0.29, 0.717) is 16.9 Å². The third kappa shape index (κ3) is 3.04. The van der Waals surface area contributed by atoms with Gasteiger partial charge in [-0.1, -0.05) is 48.5 Å². The molecular formula is C19H13FO2. The standard InChI is InChI=1S/C19H13FO2/c20-18-9-5-4-8-17(18)14-10-12-15(13-11-14)19(21)22-16-6-2-1-3-7-16/h1-13H. The first-order valence-corrected chi connectivity index (χ1v) is 6.86. The molecule has 0 spiro atoms. The van der Waals surface area contributed by atoms with Crippen molar-refractivity contribution in [2.45, 2.75) is 0 Å². The van der Waals surface area contributed by atoms with Gasteiger partial charge in [-0.15, -0.1) is 0 Å². The zero-order chi connectivity index (χ0) is 15.4. The lowest BCUT2D eigenvalue weighted by Gasteiger charge is -2.06. The maximum Gasteiger partial charge on any atom is 0.343 e. The van der Waals surface area contributed by atoms with Crippen LogP contribution in [-0.4, -0.2) is 5.97 Å². The molecule has 0 heterocycles. The lowest BCUT2D eigenvalue weighted by molar-refractivity contribution is 0.0735. The molecule has 3 aromatic rings. The predicted octanol–water partition coefficient (Wildman–Crippen LogP) is 4.71. The van der Waals surface area contributed by atoms with Gasteiger partial charge in [-0.3, -0.25) is 0 Å². The monoisotopic (exact) mass is 292 g/mol. The maximum atomic E-state index is 13.7. The van der Waals surface area contributed by atoms with Gasteiger partial charge in [-0.25, -0.2) is 9.18 Å². The zero-order valence-electron chi connectivity index (χ0n) is 11.7. The van der Waals surface area contributed by atoms with E-state index < -0.39 is 5.97 Å². The number of ether oxygens (including phenoxy) is 1. The highest BCUT2D eigenvalue weighted by Gasteiger charge is 2.09. The summed E-state index contributed by atoms with van der Waals surface area (Å²) < 4.78 is 19.0. The first kappa shape index (κ1) is 14.0. The van der Waals surface area contributed by atoms with Gasteiger partial charge < -0.3 is 4.74 Å². The molecule has 0 N–H and O–H groups in total. The third-order valence-corrected chi connectivity index (χ3v) is 3.26. The smallest absolute Gasteiger partial charge is 0.343 e. The van der Waals surface area contributed by atoms with Crippen molar-refractivity contribution in [3.63, 3.8) is 0 Å². The number of carbonyl (C=O) groups excluding carboxylic acids is 1. The van der Waals surface area contributed by atoms with E-state index in [1.807, 2.05) is 6.07 Å². The van der Waals surface area contributed by atoms with Crippen LogP contribution < -0.4 is 4.74 Å². The molecule has 3 heteroatoms. The van der Waals surface area contributed by atoms with Gasteiger partial charge in [0.05, 0.1) is 5.56 Å². The molecule has 22 heavy (non-hydrogen) atoms. The Hall–Kier alpha value is -2.94. The highest BCUT2D eigenvalue weighted by molar-refractivity contribution is 5.91. The molecule has 0 radical (unpaired) electrons. The van der Waals surface area contributed by atoms with Crippen LogP contribution in [0.4, 0.5) is 4.39 Å². The minimum absolute atomic E-state index is 0.290. The number of esters is 1. The van der Waals surface area contributed by atoms with Crippen LogP contribution >= 0.6 is 0 Å². The van der Waals surface area contributed by atoms with Gasteiger partial charge in [0.2, 0.25) is 0 Å². The topological polar surface area (TPSA) is 26.3 Å². The molecule has 3 aromatic carbocycles. The minimum Gasteiger partial charge on any atom is -0.423 e. The van der Waals surface area contributed by atoms with Crippen LogP contribution in [-0.2, 0) is 0 Å². The summed E-state index contributed by atoms with van der Waals surface area (Å²) in [5.74, 6) is -0.237. The molecule has 0 atom stereocenters. The van der Waals surface area contributed by atoms with Crippen molar-refractivity contribution in [3.8, 4) is 16.9 Å². The molecule has 0 amide bonds. The lowest BCUT2D eigenvalue weighted by Crippen LogP contribution is -2.08. The molecular weight excluding hydrogens is 279 g/mol. The number of hydrogen-bond acceptors (Lipinski definition) is 2. The lowest BCUT2D eigenvalue weighted by atomic mass is 10.0. The summed E-state index contributed by atoms with van der Waals surface area (Å²) in [6.07, 6.45) is 0. The van der Waals surface area contributed by atoms with Crippen LogP contribution in [0.1, 0.15) is 10.4 Å². The Labute approximate surface area is 127 Å². The molecule has 0 aliphatic rings. The summed E-state index contributed by atoms with van der Waals surface area (Å²) >= 11 is 0. The van der Waals surface area contributed by atoms with Crippen molar-refractivity contribution in [3.05, 3.63) is 90.2 Å². The zero-order valence-corrected chi connectivity index (χ0v) is 11.7. The van der Waals surface area contributed by atoms with E-state index in [-0.39, 0.29) is 5.82 Å². The molecule has 0 saturated heterocycles. The van der Waals surface area contributed by atoms with Gasteiger partial charge in [0, 0.05) is 5.56 Å². The second-order valence-electron chi connectivity index (χ2n) is 4.76. The Morgan fingerprint density at radius 2 is 1.41 bits per heavy atom. The Morgan fingerprint density at radius 1 is 0.773 bits per heavy atom. The van der Waals surface area contributed by atoms with Crippen molar-refractivity contribution in [1.29, 1.82) is 0 Å². The van der Waals surface area contributed by atoms with E-state index in [1.165, 1.54) is 6.07 Å². The first-order valence-electron chi connectivity index (χ1n) is 6.86. The van der Waals surface area contributed by atoms with Gasteiger partial charge in [0.15, 0.2) is 0 Å². The predicted molar refractivity (Wildman–Crippen MR) is 83.2 cm³/mol. The first-order chi connectivity index (χ1) is 10.7. The van der Waals surface area contributed by atoms with E-state index in [0.717, 1.165) is 5.56 Å². The summed E-state index contributed by atoms with van der Waals surface area (Å²) in [5.41, 5.74) is 1.64. The summed E-state index contributed by atoms with van der Waals surface area (Å²) in [5, 5.41) is 0. The molecule has 0 aromatic heterocycles. The number of benzene rings is 3. The second kappa shape index (κ2) is 6.22. The fraction of sp³-hybridized carbons (Fsp3) is 0. The van der Waals surface area contributed by atoms with Crippen molar-refractivity contribution < 1.29 is 13.9 Å². The molecule has 2 nitrogen and oxygen atoms in total. The SMILES string of the molecule is O=C(Oc1ccccc1)c1ccc(-c2ccccc2F)cc1. The second-order valence-corrected chi connectivity index (χ2v) is 4.76. The summed E-state index contributed by atoms with van der Waals surface area (Å²) in [4.78, 5) is 12.0. The molecule has 0 fully saturated rings. The normalized spacial score (nSPS) is 10.2. The van der Waals surface area contributed by atoms with Crippen molar-refractivity contribution >= 4 is 5.97 Å². The van der Waals surface area contributed by atoms with Gasteiger partial charge in [0.25, 0.3) is 0 Å². The van der Waals surface area contributed by atoms with E-state index >= 15 is 0 Å². The highest BCUT2D eigenvalue weighted by Crippen LogP contribution is 2.23. The maximum absolute atomic E-state index is 13.7. The Kier molecular flexibility index (Phi) is 3.97. The number of para-hydroxylation sites is 1. The number of rotatable bonds is 3. The molecule has 108 valence electrons. The van der Waals surface area contributed by atoms with Crippen LogP contribution in [0, 0.1) is 5.82 Å². The Bertz CT molecular complexity index is 780.